The summed E-state index contributed by atoms with van der Waals surface area (Å²) in [6.45, 7) is 3.31. The Hall–Kier alpha value is -2.48. The zero-order valence-electron chi connectivity index (χ0n) is 13.5. The van der Waals surface area contributed by atoms with Crippen LogP contribution in [0, 0.1) is 6.92 Å². The van der Waals surface area contributed by atoms with Crippen LogP contribution in [0.5, 0.6) is 0 Å². The largest absolute Gasteiger partial charge is 0.372 e. The molecule has 3 heterocycles. The maximum absolute atomic E-state index is 12.7. The van der Waals surface area contributed by atoms with Gasteiger partial charge in [-0.25, -0.2) is 4.98 Å². The van der Waals surface area contributed by atoms with Crippen molar-refractivity contribution in [3.63, 3.8) is 0 Å². The maximum atomic E-state index is 12.7. The van der Waals surface area contributed by atoms with Crippen LogP contribution < -0.4 is 5.32 Å². The van der Waals surface area contributed by atoms with Crippen LogP contribution >= 0.6 is 0 Å². The standard InChI is InChI=1S/C15H20N6O2/c1-10-11(8-20(3)19-10)15(22)21-6-7-23-12(9-21)13-14(16-2)18-5-4-17-13/h4-5,8,12H,6-7,9H2,1-3H3,(H,16,18)/t12-/m0/s1. The number of aromatic nitrogens is 4. The third-order valence-corrected chi connectivity index (χ3v) is 3.87. The van der Waals surface area contributed by atoms with Crippen LogP contribution in [0.2, 0.25) is 0 Å². The first-order valence-corrected chi connectivity index (χ1v) is 7.50. The number of hydrogen-bond donors (Lipinski definition) is 1. The molecule has 2 aromatic rings. The molecular formula is C15H20N6O2. The van der Waals surface area contributed by atoms with E-state index >= 15 is 0 Å². The van der Waals surface area contributed by atoms with Crippen LogP contribution in [-0.2, 0) is 11.8 Å². The van der Waals surface area contributed by atoms with Gasteiger partial charge in [-0.2, -0.15) is 5.10 Å². The molecule has 2 aromatic heterocycles. The monoisotopic (exact) mass is 316 g/mol. The number of aryl methyl sites for hydroxylation is 2. The average Bonchev–Trinajstić information content (AvgIpc) is 2.92. The van der Waals surface area contributed by atoms with Gasteiger partial charge in [0.25, 0.3) is 5.91 Å². The van der Waals surface area contributed by atoms with E-state index in [1.165, 1.54) is 0 Å². The molecule has 3 rings (SSSR count). The SMILES string of the molecule is CNc1nccnc1[C@@H]1CN(C(=O)c2cn(C)nc2C)CCO1. The predicted octanol–water partition coefficient (Wildman–Crippen LogP) is 0.774. The van der Waals surface area contributed by atoms with E-state index in [9.17, 15) is 4.79 Å². The summed E-state index contributed by atoms with van der Waals surface area (Å²) in [5, 5.41) is 7.25. The summed E-state index contributed by atoms with van der Waals surface area (Å²) in [5.74, 6) is 0.642. The van der Waals surface area contributed by atoms with Crippen LogP contribution in [-0.4, -0.2) is 57.3 Å². The second kappa shape index (κ2) is 6.33. The fraction of sp³-hybridized carbons (Fsp3) is 0.467. The van der Waals surface area contributed by atoms with E-state index < -0.39 is 0 Å². The number of nitrogens with zero attached hydrogens (tertiary/aromatic N) is 5. The highest BCUT2D eigenvalue weighted by molar-refractivity contribution is 5.95. The lowest BCUT2D eigenvalue weighted by Crippen LogP contribution is -2.42. The van der Waals surface area contributed by atoms with E-state index in [-0.39, 0.29) is 12.0 Å². The lowest BCUT2D eigenvalue weighted by molar-refractivity contribution is -0.0245. The highest BCUT2D eigenvalue weighted by atomic mass is 16.5. The van der Waals surface area contributed by atoms with Crippen molar-refractivity contribution in [3.8, 4) is 0 Å². The zero-order valence-corrected chi connectivity index (χ0v) is 13.5. The third-order valence-electron chi connectivity index (χ3n) is 3.87. The van der Waals surface area contributed by atoms with E-state index in [0.29, 0.717) is 31.1 Å². The molecule has 0 spiro atoms. The summed E-state index contributed by atoms with van der Waals surface area (Å²) in [6, 6.07) is 0. The van der Waals surface area contributed by atoms with Crippen molar-refractivity contribution >= 4 is 11.7 Å². The second-order valence-electron chi connectivity index (χ2n) is 5.45. The molecule has 1 amide bonds. The molecule has 1 aliphatic rings. The van der Waals surface area contributed by atoms with Gasteiger partial charge < -0.3 is 15.0 Å². The lowest BCUT2D eigenvalue weighted by Gasteiger charge is -2.33. The van der Waals surface area contributed by atoms with Gasteiger partial charge in [-0.15, -0.1) is 0 Å². The Bertz CT molecular complexity index is 714. The first-order valence-electron chi connectivity index (χ1n) is 7.50. The molecule has 1 saturated heterocycles. The zero-order chi connectivity index (χ0) is 16.4. The predicted molar refractivity (Wildman–Crippen MR) is 84.1 cm³/mol. The summed E-state index contributed by atoms with van der Waals surface area (Å²) in [6.07, 6.45) is 4.72. The van der Waals surface area contributed by atoms with Gasteiger partial charge in [-0.05, 0) is 6.92 Å². The molecule has 0 radical (unpaired) electrons. The number of morpholine rings is 1. The molecule has 23 heavy (non-hydrogen) atoms. The molecule has 0 unspecified atom stereocenters. The van der Waals surface area contributed by atoms with Gasteiger partial charge in [0.15, 0.2) is 0 Å². The van der Waals surface area contributed by atoms with Crippen molar-refractivity contribution in [2.45, 2.75) is 13.0 Å². The normalized spacial score (nSPS) is 18.0. The van der Waals surface area contributed by atoms with E-state index in [4.69, 9.17) is 4.74 Å². The number of anilines is 1. The molecule has 1 atom stereocenters. The van der Waals surface area contributed by atoms with E-state index in [1.807, 2.05) is 14.0 Å². The minimum atomic E-state index is -0.291. The van der Waals surface area contributed by atoms with Crippen LogP contribution in [0.15, 0.2) is 18.6 Å². The number of carbonyl (C=O) groups excluding carboxylic acids is 1. The maximum Gasteiger partial charge on any atom is 0.257 e. The Morgan fingerprint density at radius 3 is 2.87 bits per heavy atom. The first kappa shape index (κ1) is 15.4. The summed E-state index contributed by atoms with van der Waals surface area (Å²) in [7, 11) is 3.60. The Kier molecular flexibility index (Phi) is 4.24. The van der Waals surface area contributed by atoms with Gasteiger partial charge in [-0.3, -0.25) is 14.5 Å². The van der Waals surface area contributed by atoms with Crippen LogP contribution in [0.1, 0.15) is 27.8 Å². The average molecular weight is 316 g/mol. The van der Waals surface area contributed by atoms with Crippen molar-refractivity contribution in [1.29, 1.82) is 0 Å². The molecule has 1 N–H and O–H groups in total. The molecule has 0 saturated carbocycles. The molecule has 1 aliphatic heterocycles. The Labute approximate surface area is 134 Å². The third kappa shape index (κ3) is 3.02. The molecule has 1 fully saturated rings. The van der Waals surface area contributed by atoms with Crippen LogP contribution in [0.4, 0.5) is 5.82 Å². The van der Waals surface area contributed by atoms with Gasteiger partial charge in [0.2, 0.25) is 0 Å². The molecule has 122 valence electrons. The van der Waals surface area contributed by atoms with E-state index in [0.717, 1.165) is 11.4 Å². The lowest BCUT2D eigenvalue weighted by atomic mass is 10.1. The van der Waals surface area contributed by atoms with Gasteiger partial charge in [-0.1, -0.05) is 0 Å². The molecule has 0 aromatic carbocycles. The van der Waals surface area contributed by atoms with Crippen molar-refractivity contribution in [1.82, 2.24) is 24.6 Å². The summed E-state index contributed by atoms with van der Waals surface area (Å²) < 4.78 is 7.46. The topological polar surface area (TPSA) is 85.2 Å². The summed E-state index contributed by atoms with van der Waals surface area (Å²) in [5.41, 5.74) is 2.08. The Morgan fingerprint density at radius 2 is 2.17 bits per heavy atom. The second-order valence-corrected chi connectivity index (χ2v) is 5.45. The Morgan fingerprint density at radius 1 is 1.39 bits per heavy atom. The summed E-state index contributed by atoms with van der Waals surface area (Å²) >= 11 is 0. The number of carbonyl (C=O) groups is 1. The number of rotatable bonds is 3. The first-order chi connectivity index (χ1) is 11.1. The molecule has 0 bridgehead atoms. The van der Waals surface area contributed by atoms with Gasteiger partial charge in [0.1, 0.15) is 17.6 Å². The summed E-state index contributed by atoms with van der Waals surface area (Å²) in [4.78, 5) is 23.1. The van der Waals surface area contributed by atoms with E-state index in [2.05, 4.69) is 20.4 Å². The quantitative estimate of drug-likeness (QED) is 0.900. The number of amides is 1. The molecule has 8 heteroatoms. The van der Waals surface area contributed by atoms with Crippen LogP contribution in [0.3, 0.4) is 0 Å². The van der Waals surface area contributed by atoms with E-state index in [1.54, 1.807) is 35.2 Å². The van der Waals surface area contributed by atoms with Crippen molar-refractivity contribution in [2.75, 3.05) is 32.1 Å². The van der Waals surface area contributed by atoms with Crippen molar-refractivity contribution < 1.29 is 9.53 Å². The smallest absolute Gasteiger partial charge is 0.257 e. The van der Waals surface area contributed by atoms with Crippen LogP contribution in [0.25, 0.3) is 0 Å². The number of hydrogen-bond acceptors (Lipinski definition) is 6. The fourth-order valence-electron chi connectivity index (χ4n) is 2.76. The van der Waals surface area contributed by atoms with Gasteiger partial charge in [0.05, 0.1) is 24.4 Å². The molecule has 0 aliphatic carbocycles. The van der Waals surface area contributed by atoms with Crippen molar-refractivity contribution in [3.05, 3.63) is 35.5 Å². The minimum absolute atomic E-state index is 0.0289. The minimum Gasteiger partial charge on any atom is -0.372 e. The molecule has 8 nitrogen and oxygen atoms in total. The highest BCUT2D eigenvalue weighted by Crippen LogP contribution is 2.26. The Balaban J connectivity index is 1.81. The number of nitrogens with one attached hydrogen (secondary N) is 1. The van der Waals surface area contributed by atoms with Gasteiger partial charge >= 0.3 is 0 Å². The highest BCUT2D eigenvalue weighted by Gasteiger charge is 2.30. The number of ether oxygens (including phenoxy) is 1. The van der Waals surface area contributed by atoms with Gasteiger partial charge in [0, 0.05) is 39.2 Å². The molecular weight excluding hydrogens is 296 g/mol. The van der Waals surface area contributed by atoms with Crippen molar-refractivity contribution in [2.24, 2.45) is 7.05 Å². The fourth-order valence-corrected chi connectivity index (χ4v) is 2.76.